The molecule has 2 aliphatic rings. The van der Waals surface area contributed by atoms with E-state index in [2.05, 4.69) is 4.98 Å². The highest BCUT2D eigenvalue weighted by molar-refractivity contribution is 5.92. The fourth-order valence-electron chi connectivity index (χ4n) is 3.37. The van der Waals surface area contributed by atoms with Gasteiger partial charge in [0.05, 0.1) is 18.3 Å². The summed E-state index contributed by atoms with van der Waals surface area (Å²) in [5.74, 6) is -2.73. The molecule has 1 aromatic rings. The minimum atomic E-state index is -5.08. The molecule has 0 saturated carbocycles. The molecular formula is C19H25F3N2O5. The number of amides is 1. The van der Waals surface area contributed by atoms with Gasteiger partial charge < -0.3 is 19.5 Å². The Hall–Kier alpha value is -2.20. The normalized spacial score (nSPS) is 20.9. The molecule has 1 atom stereocenters. The minimum Gasteiger partial charge on any atom is -0.475 e. The molecule has 1 N–H and O–H groups in total. The van der Waals surface area contributed by atoms with Crippen LogP contribution in [0.5, 0.6) is 0 Å². The predicted molar refractivity (Wildman–Crippen MR) is 96.5 cm³/mol. The molecular weight excluding hydrogens is 393 g/mol. The van der Waals surface area contributed by atoms with Crippen LogP contribution in [0.1, 0.15) is 42.2 Å². The van der Waals surface area contributed by atoms with E-state index in [0.717, 1.165) is 44.5 Å². The molecule has 1 aromatic heterocycles. The third-order valence-corrected chi connectivity index (χ3v) is 4.91. The molecule has 3 heterocycles. The van der Waals surface area contributed by atoms with Crippen LogP contribution in [0.4, 0.5) is 13.2 Å². The van der Waals surface area contributed by atoms with E-state index in [1.165, 1.54) is 0 Å². The average molecular weight is 418 g/mol. The molecule has 2 aliphatic heterocycles. The summed E-state index contributed by atoms with van der Waals surface area (Å²) in [5.41, 5.74) is 1.51. The summed E-state index contributed by atoms with van der Waals surface area (Å²) in [6.45, 7) is 6.86. The number of ether oxygens (including phenoxy) is 2. The summed E-state index contributed by atoms with van der Waals surface area (Å²) in [5, 5.41) is 7.12. The second-order valence-electron chi connectivity index (χ2n) is 7.09. The molecule has 162 valence electrons. The maximum Gasteiger partial charge on any atom is 0.490 e. The molecule has 7 nitrogen and oxygen atoms in total. The topological polar surface area (TPSA) is 89.0 Å². The molecule has 10 heteroatoms. The number of carboxylic acid groups (broad SMARTS) is 1. The first-order valence-corrected chi connectivity index (χ1v) is 9.34. The number of pyridine rings is 1. The molecule has 0 radical (unpaired) electrons. The highest BCUT2D eigenvalue weighted by Gasteiger charge is 2.43. The van der Waals surface area contributed by atoms with Gasteiger partial charge in [-0.15, -0.1) is 0 Å². The number of carbonyl (C=O) groups is 2. The zero-order valence-corrected chi connectivity index (χ0v) is 16.4. The number of alkyl halides is 3. The Morgan fingerprint density at radius 1 is 1.34 bits per heavy atom. The van der Waals surface area contributed by atoms with E-state index in [1.54, 1.807) is 12.3 Å². The standard InChI is InChI=1S/C17H24N2O3.C2HF3O2/c1-3-21-14-10-17(22-12-14)6-8-19(9-7-17)16(20)15-5-4-13(2)11-18-15;3-2(4,5)1(6)7/h4-5,11,14H,3,6-10,12H2,1-2H3;(H,6,7). The zero-order valence-electron chi connectivity index (χ0n) is 16.4. The van der Waals surface area contributed by atoms with Crippen LogP contribution in [0.2, 0.25) is 0 Å². The number of carbonyl (C=O) groups excluding carboxylic acids is 1. The van der Waals surface area contributed by atoms with E-state index >= 15 is 0 Å². The van der Waals surface area contributed by atoms with E-state index in [1.807, 2.05) is 24.8 Å². The number of aliphatic carboxylic acids is 1. The first-order chi connectivity index (χ1) is 13.6. The molecule has 0 bridgehead atoms. The second-order valence-corrected chi connectivity index (χ2v) is 7.09. The minimum absolute atomic E-state index is 0.0224. The number of aryl methyl sites for hydroxylation is 1. The van der Waals surface area contributed by atoms with E-state index in [4.69, 9.17) is 19.4 Å². The first-order valence-electron chi connectivity index (χ1n) is 9.34. The number of rotatable bonds is 3. The number of aromatic nitrogens is 1. The number of hydrogen-bond acceptors (Lipinski definition) is 5. The van der Waals surface area contributed by atoms with Crippen molar-refractivity contribution < 1.29 is 37.3 Å². The number of piperidine rings is 1. The quantitative estimate of drug-likeness (QED) is 0.812. The summed E-state index contributed by atoms with van der Waals surface area (Å²) in [6.07, 6.45) is -0.412. The molecule has 2 saturated heterocycles. The van der Waals surface area contributed by atoms with Gasteiger partial charge in [-0.25, -0.2) is 4.79 Å². The maximum atomic E-state index is 12.5. The third kappa shape index (κ3) is 6.40. The number of likely N-dealkylation sites (tertiary alicyclic amines) is 1. The first kappa shape index (κ1) is 23.1. The molecule has 1 spiro atoms. The lowest BCUT2D eigenvalue weighted by molar-refractivity contribution is -0.192. The van der Waals surface area contributed by atoms with Gasteiger partial charge in [0.15, 0.2) is 0 Å². The van der Waals surface area contributed by atoms with Crippen molar-refractivity contribution in [3.05, 3.63) is 29.6 Å². The lowest BCUT2D eigenvalue weighted by Gasteiger charge is -2.38. The summed E-state index contributed by atoms with van der Waals surface area (Å²) in [4.78, 5) is 27.5. The average Bonchev–Trinajstić information content (AvgIpc) is 3.05. The van der Waals surface area contributed by atoms with Gasteiger partial charge in [-0.05, 0) is 38.3 Å². The Morgan fingerprint density at radius 2 is 1.97 bits per heavy atom. The number of halogens is 3. The lowest BCUT2D eigenvalue weighted by atomic mass is 9.88. The molecule has 29 heavy (non-hydrogen) atoms. The van der Waals surface area contributed by atoms with Gasteiger partial charge in [-0.3, -0.25) is 9.78 Å². The number of nitrogens with zero attached hydrogens (tertiary/aromatic N) is 2. The van der Waals surface area contributed by atoms with Crippen LogP contribution in [0.3, 0.4) is 0 Å². The molecule has 2 fully saturated rings. The van der Waals surface area contributed by atoms with Gasteiger partial charge in [-0.1, -0.05) is 6.07 Å². The van der Waals surface area contributed by atoms with E-state index in [0.29, 0.717) is 12.3 Å². The van der Waals surface area contributed by atoms with Gasteiger partial charge >= 0.3 is 12.1 Å². The second kappa shape index (κ2) is 9.53. The molecule has 3 rings (SSSR count). The monoisotopic (exact) mass is 418 g/mol. The largest absolute Gasteiger partial charge is 0.490 e. The van der Waals surface area contributed by atoms with Crippen molar-refractivity contribution in [2.45, 2.75) is 51.0 Å². The van der Waals surface area contributed by atoms with Gasteiger partial charge in [-0.2, -0.15) is 13.2 Å². The summed E-state index contributed by atoms with van der Waals surface area (Å²) in [6, 6.07) is 3.73. The highest BCUT2D eigenvalue weighted by atomic mass is 19.4. The van der Waals surface area contributed by atoms with Gasteiger partial charge in [0.1, 0.15) is 5.69 Å². The fraction of sp³-hybridized carbons (Fsp3) is 0.632. The van der Waals surface area contributed by atoms with Gasteiger partial charge in [0.2, 0.25) is 0 Å². The zero-order chi connectivity index (χ0) is 21.7. The van der Waals surface area contributed by atoms with Crippen LogP contribution in [-0.2, 0) is 14.3 Å². The Kier molecular flexibility index (Phi) is 7.59. The molecule has 1 amide bonds. The van der Waals surface area contributed by atoms with E-state index in [-0.39, 0.29) is 17.6 Å². The summed E-state index contributed by atoms with van der Waals surface area (Å²) >= 11 is 0. The van der Waals surface area contributed by atoms with Crippen molar-refractivity contribution in [2.24, 2.45) is 0 Å². The van der Waals surface area contributed by atoms with Crippen LogP contribution >= 0.6 is 0 Å². The molecule has 0 aliphatic carbocycles. The Balaban J connectivity index is 0.000000370. The third-order valence-electron chi connectivity index (χ3n) is 4.91. The van der Waals surface area contributed by atoms with Crippen LogP contribution in [-0.4, -0.2) is 71.1 Å². The fourth-order valence-corrected chi connectivity index (χ4v) is 3.37. The van der Waals surface area contributed by atoms with Crippen molar-refractivity contribution in [1.82, 2.24) is 9.88 Å². The van der Waals surface area contributed by atoms with Crippen molar-refractivity contribution >= 4 is 11.9 Å². The lowest BCUT2D eigenvalue weighted by Crippen LogP contribution is -2.46. The number of hydrogen-bond donors (Lipinski definition) is 1. The predicted octanol–water partition coefficient (Wildman–Crippen LogP) is 2.82. The van der Waals surface area contributed by atoms with E-state index < -0.39 is 12.1 Å². The van der Waals surface area contributed by atoms with Crippen molar-refractivity contribution in [2.75, 3.05) is 26.3 Å². The van der Waals surface area contributed by atoms with Crippen LogP contribution < -0.4 is 0 Å². The molecule has 0 aromatic carbocycles. The van der Waals surface area contributed by atoms with E-state index in [9.17, 15) is 18.0 Å². The van der Waals surface area contributed by atoms with Crippen molar-refractivity contribution in [1.29, 1.82) is 0 Å². The van der Waals surface area contributed by atoms with Crippen molar-refractivity contribution in [3.8, 4) is 0 Å². The summed E-state index contributed by atoms with van der Waals surface area (Å²) < 4.78 is 43.4. The maximum absolute atomic E-state index is 12.5. The Bertz CT molecular complexity index is 701. The van der Waals surface area contributed by atoms with Crippen LogP contribution in [0, 0.1) is 6.92 Å². The Morgan fingerprint density at radius 3 is 2.45 bits per heavy atom. The van der Waals surface area contributed by atoms with Crippen LogP contribution in [0.25, 0.3) is 0 Å². The highest BCUT2D eigenvalue weighted by Crippen LogP contribution is 2.37. The SMILES string of the molecule is CCOC1COC2(CCN(C(=O)c3ccc(C)cn3)CC2)C1.O=C(O)C(F)(F)F. The Labute approximate surface area is 166 Å². The molecule has 1 unspecified atom stereocenters. The van der Waals surface area contributed by atoms with Gasteiger partial charge in [0, 0.05) is 32.3 Å². The smallest absolute Gasteiger partial charge is 0.475 e. The van der Waals surface area contributed by atoms with Gasteiger partial charge in [0.25, 0.3) is 5.91 Å². The van der Waals surface area contributed by atoms with Crippen LogP contribution in [0.15, 0.2) is 18.3 Å². The number of carboxylic acids is 1. The van der Waals surface area contributed by atoms with Crippen molar-refractivity contribution in [3.63, 3.8) is 0 Å². The summed E-state index contributed by atoms with van der Waals surface area (Å²) in [7, 11) is 0.